The van der Waals surface area contributed by atoms with Gasteiger partial charge in [0.05, 0.1) is 6.61 Å². The molecule has 2 aromatic rings. The summed E-state index contributed by atoms with van der Waals surface area (Å²) in [6.07, 6.45) is 3.12. The molecule has 0 bridgehead atoms. The third-order valence-electron chi connectivity index (χ3n) is 2.67. The van der Waals surface area contributed by atoms with Crippen molar-refractivity contribution in [1.29, 1.82) is 0 Å². The summed E-state index contributed by atoms with van der Waals surface area (Å²) >= 11 is 0. The second kappa shape index (κ2) is 6.73. The number of benzene rings is 1. The first-order valence-electron chi connectivity index (χ1n) is 6.32. The van der Waals surface area contributed by atoms with E-state index in [1.165, 1.54) is 6.08 Å². The number of allylic oxidation sites excluding steroid dienone is 1. The topological polar surface area (TPSA) is 59.7 Å². The SMILES string of the molecule is Cc1ccc(C(=O)C=Cc2ccccc2OCCO)o1. The quantitative estimate of drug-likeness (QED) is 0.649. The Labute approximate surface area is 117 Å². The number of carbonyl (C=O) groups excluding carboxylic acids is 1. The Morgan fingerprint density at radius 3 is 2.80 bits per heavy atom. The number of rotatable bonds is 6. The fourth-order valence-corrected chi connectivity index (χ4v) is 1.72. The summed E-state index contributed by atoms with van der Waals surface area (Å²) in [4.78, 5) is 11.9. The fraction of sp³-hybridized carbons (Fsp3) is 0.188. The minimum Gasteiger partial charge on any atom is -0.491 e. The largest absolute Gasteiger partial charge is 0.491 e. The van der Waals surface area contributed by atoms with Crippen molar-refractivity contribution in [3.8, 4) is 5.75 Å². The van der Waals surface area contributed by atoms with Gasteiger partial charge in [0.15, 0.2) is 5.76 Å². The maximum atomic E-state index is 11.9. The van der Waals surface area contributed by atoms with Crippen molar-refractivity contribution >= 4 is 11.9 Å². The summed E-state index contributed by atoms with van der Waals surface area (Å²) < 4.78 is 10.7. The number of ether oxygens (including phenoxy) is 1. The van der Waals surface area contributed by atoms with Crippen molar-refractivity contribution in [2.75, 3.05) is 13.2 Å². The number of hydrogen-bond donors (Lipinski definition) is 1. The van der Waals surface area contributed by atoms with Gasteiger partial charge in [-0.1, -0.05) is 18.2 Å². The average Bonchev–Trinajstić information content (AvgIpc) is 2.90. The number of ketones is 1. The van der Waals surface area contributed by atoms with E-state index in [1.54, 1.807) is 31.2 Å². The molecule has 4 heteroatoms. The predicted octanol–water partition coefficient (Wildman–Crippen LogP) is 2.86. The molecule has 2 rings (SSSR count). The van der Waals surface area contributed by atoms with Crippen molar-refractivity contribution in [1.82, 2.24) is 0 Å². The van der Waals surface area contributed by atoms with Gasteiger partial charge in [0.1, 0.15) is 18.1 Å². The third kappa shape index (κ3) is 3.59. The highest BCUT2D eigenvalue weighted by Crippen LogP contribution is 2.20. The smallest absolute Gasteiger partial charge is 0.221 e. The van der Waals surface area contributed by atoms with Gasteiger partial charge in [-0.3, -0.25) is 4.79 Å². The molecule has 20 heavy (non-hydrogen) atoms. The molecule has 1 N–H and O–H groups in total. The second-order valence-electron chi connectivity index (χ2n) is 4.22. The van der Waals surface area contributed by atoms with Crippen LogP contribution in [0.4, 0.5) is 0 Å². The Kier molecular flexibility index (Phi) is 4.74. The van der Waals surface area contributed by atoms with Crippen molar-refractivity contribution in [2.45, 2.75) is 6.92 Å². The van der Waals surface area contributed by atoms with Crippen LogP contribution in [0.5, 0.6) is 5.75 Å². The van der Waals surface area contributed by atoms with Gasteiger partial charge in [-0.15, -0.1) is 0 Å². The van der Waals surface area contributed by atoms with Gasteiger partial charge in [0.25, 0.3) is 0 Å². The lowest BCUT2D eigenvalue weighted by atomic mass is 10.1. The van der Waals surface area contributed by atoms with Crippen molar-refractivity contribution in [3.05, 3.63) is 59.6 Å². The van der Waals surface area contributed by atoms with Gasteiger partial charge in [0, 0.05) is 5.56 Å². The number of aliphatic hydroxyl groups is 1. The Morgan fingerprint density at radius 1 is 1.30 bits per heavy atom. The predicted molar refractivity (Wildman–Crippen MR) is 75.8 cm³/mol. The van der Waals surface area contributed by atoms with E-state index in [0.29, 0.717) is 17.3 Å². The minimum atomic E-state index is -0.199. The zero-order valence-corrected chi connectivity index (χ0v) is 11.2. The van der Waals surface area contributed by atoms with E-state index in [4.69, 9.17) is 14.3 Å². The number of furan rings is 1. The molecule has 0 atom stereocenters. The van der Waals surface area contributed by atoms with E-state index in [1.807, 2.05) is 18.2 Å². The van der Waals surface area contributed by atoms with E-state index in [0.717, 1.165) is 5.56 Å². The molecule has 1 aromatic heterocycles. The van der Waals surface area contributed by atoms with Crippen LogP contribution in [0, 0.1) is 6.92 Å². The zero-order chi connectivity index (χ0) is 14.4. The maximum absolute atomic E-state index is 11.9. The summed E-state index contributed by atoms with van der Waals surface area (Å²) in [5.41, 5.74) is 0.776. The van der Waals surface area contributed by atoms with Gasteiger partial charge in [-0.25, -0.2) is 0 Å². The van der Waals surface area contributed by atoms with Crippen LogP contribution in [0.25, 0.3) is 6.08 Å². The standard InChI is InChI=1S/C16H16O4/c1-12-6-9-16(20-12)14(18)8-7-13-4-2-3-5-15(13)19-11-10-17/h2-9,17H,10-11H2,1H3. The lowest BCUT2D eigenvalue weighted by Crippen LogP contribution is -2.02. The monoisotopic (exact) mass is 272 g/mol. The Balaban J connectivity index is 2.12. The normalized spacial score (nSPS) is 10.9. The molecular weight excluding hydrogens is 256 g/mol. The van der Waals surface area contributed by atoms with Gasteiger partial charge in [-0.05, 0) is 37.3 Å². The third-order valence-corrected chi connectivity index (χ3v) is 2.67. The number of carbonyl (C=O) groups is 1. The van der Waals surface area contributed by atoms with Gasteiger partial charge >= 0.3 is 0 Å². The Morgan fingerprint density at radius 2 is 2.10 bits per heavy atom. The molecule has 0 aliphatic carbocycles. The van der Waals surface area contributed by atoms with Gasteiger partial charge in [0.2, 0.25) is 5.78 Å². The van der Waals surface area contributed by atoms with E-state index in [2.05, 4.69) is 0 Å². The first-order chi connectivity index (χ1) is 9.70. The van der Waals surface area contributed by atoms with Gasteiger partial charge in [-0.2, -0.15) is 0 Å². The second-order valence-corrected chi connectivity index (χ2v) is 4.22. The van der Waals surface area contributed by atoms with Gasteiger partial charge < -0.3 is 14.3 Å². The number of hydrogen-bond acceptors (Lipinski definition) is 4. The lowest BCUT2D eigenvalue weighted by molar-refractivity contribution is 0.102. The lowest BCUT2D eigenvalue weighted by Gasteiger charge is -2.06. The molecule has 104 valence electrons. The first-order valence-corrected chi connectivity index (χ1v) is 6.32. The van der Waals surface area contributed by atoms with Crippen LogP contribution >= 0.6 is 0 Å². The van der Waals surface area contributed by atoms with E-state index >= 15 is 0 Å². The van der Waals surface area contributed by atoms with Crippen LogP contribution in [-0.2, 0) is 0 Å². The molecular formula is C16H16O4. The van der Waals surface area contributed by atoms with Crippen LogP contribution < -0.4 is 4.74 Å². The summed E-state index contributed by atoms with van der Waals surface area (Å²) in [7, 11) is 0. The first kappa shape index (κ1) is 14.1. The van der Waals surface area contributed by atoms with E-state index in [9.17, 15) is 4.79 Å². The fourth-order valence-electron chi connectivity index (χ4n) is 1.72. The molecule has 0 amide bonds. The minimum absolute atomic E-state index is 0.0529. The highest BCUT2D eigenvalue weighted by atomic mass is 16.5. The van der Waals surface area contributed by atoms with Crippen LogP contribution in [0.3, 0.4) is 0 Å². The molecule has 0 aliphatic rings. The number of aliphatic hydroxyl groups excluding tert-OH is 1. The van der Waals surface area contributed by atoms with Crippen molar-refractivity contribution in [3.63, 3.8) is 0 Å². The molecule has 0 spiro atoms. The van der Waals surface area contributed by atoms with Crippen LogP contribution in [-0.4, -0.2) is 24.1 Å². The molecule has 1 heterocycles. The molecule has 0 fully saturated rings. The summed E-state index contributed by atoms with van der Waals surface area (Å²) in [5, 5.41) is 8.78. The van der Waals surface area contributed by atoms with E-state index in [-0.39, 0.29) is 19.0 Å². The van der Waals surface area contributed by atoms with Crippen molar-refractivity contribution in [2.24, 2.45) is 0 Å². The molecule has 1 aromatic carbocycles. The van der Waals surface area contributed by atoms with Crippen LogP contribution in [0.2, 0.25) is 0 Å². The molecule has 0 saturated carbocycles. The van der Waals surface area contributed by atoms with Crippen LogP contribution in [0.1, 0.15) is 21.9 Å². The van der Waals surface area contributed by atoms with E-state index < -0.39 is 0 Å². The maximum Gasteiger partial charge on any atom is 0.221 e. The number of para-hydroxylation sites is 1. The molecule has 4 nitrogen and oxygen atoms in total. The zero-order valence-electron chi connectivity index (χ0n) is 11.2. The summed E-state index contributed by atoms with van der Waals surface area (Å²) in [6.45, 7) is 1.96. The highest BCUT2D eigenvalue weighted by molar-refractivity contribution is 6.05. The molecule has 0 radical (unpaired) electrons. The average molecular weight is 272 g/mol. The van der Waals surface area contributed by atoms with Crippen LogP contribution in [0.15, 0.2) is 46.9 Å². The summed E-state index contributed by atoms with van der Waals surface area (Å²) in [5.74, 6) is 1.44. The highest BCUT2D eigenvalue weighted by Gasteiger charge is 2.06. The summed E-state index contributed by atoms with van der Waals surface area (Å²) in [6, 6.07) is 10.7. The van der Waals surface area contributed by atoms with Crippen molar-refractivity contribution < 1.29 is 19.1 Å². The molecule has 0 aliphatic heterocycles. The number of aryl methyl sites for hydroxylation is 1. The molecule has 0 unspecified atom stereocenters. The Hall–Kier alpha value is -2.33. The molecule has 0 saturated heterocycles. The Bertz CT molecular complexity index is 610.